The SMILES string of the molecule is COc1ccc(C2(c3ccc(OC)cc3)C=Cc3c4c(c5ccccc5c3O2)-c2ccccc2C4(O)Cc2ccccc2)cc1. The van der Waals surface area contributed by atoms with Gasteiger partial charge in [-0.3, -0.25) is 0 Å². The van der Waals surface area contributed by atoms with Crippen molar-refractivity contribution in [2.75, 3.05) is 14.2 Å². The van der Waals surface area contributed by atoms with Crippen LogP contribution in [0.5, 0.6) is 17.2 Å². The molecule has 0 bridgehead atoms. The Kier molecular flexibility index (Phi) is 6.29. The van der Waals surface area contributed by atoms with Gasteiger partial charge in [-0.2, -0.15) is 0 Å². The smallest absolute Gasteiger partial charge is 0.178 e. The van der Waals surface area contributed by atoms with E-state index in [4.69, 9.17) is 14.2 Å². The van der Waals surface area contributed by atoms with Crippen molar-refractivity contribution >= 4 is 16.8 Å². The molecule has 45 heavy (non-hydrogen) atoms. The van der Waals surface area contributed by atoms with E-state index in [0.717, 1.165) is 72.5 Å². The first-order chi connectivity index (χ1) is 22.1. The summed E-state index contributed by atoms with van der Waals surface area (Å²) in [7, 11) is 3.34. The molecular formula is C41H32O4. The molecule has 6 aromatic carbocycles. The molecule has 4 nitrogen and oxygen atoms in total. The predicted octanol–water partition coefficient (Wildman–Crippen LogP) is 8.67. The Labute approximate surface area is 262 Å². The highest BCUT2D eigenvalue weighted by atomic mass is 16.5. The van der Waals surface area contributed by atoms with Crippen LogP contribution in [0.1, 0.15) is 33.4 Å². The number of methoxy groups -OCH3 is 2. The number of aliphatic hydroxyl groups is 1. The van der Waals surface area contributed by atoms with Gasteiger partial charge in [0.1, 0.15) is 22.8 Å². The molecule has 1 atom stereocenters. The Bertz CT molecular complexity index is 2030. The molecule has 6 aromatic rings. The Balaban J connectivity index is 1.41. The molecule has 1 heterocycles. The van der Waals surface area contributed by atoms with Gasteiger partial charge in [-0.05, 0) is 58.0 Å². The second kappa shape index (κ2) is 10.4. The molecule has 8 rings (SSSR count). The topological polar surface area (TPSA) is 47.9 Å². The summed E-state index contributed by atoms with van der Waals surface area (Å²) in [6.45, 7) is 0. The van der Waals surface area contributed by atoms with E-state index < -0.39 is 11.2 Å². The van der Waals surface area contributed by atoms with Crippen molar-refractivity contribution in [1.82, 2.24) is 0 Å². The van der Waals surface area contributed by atoms with Crippen molar-refractivity contribution in [3.05, 3.63) is 167 Å². The van der Waals surface area contributed by atoms with Crippen molar-refractivity contribution in [3.8, 4) is 28.4 Å². The molecule has 4 heteroatoms. The molecule has 1 aliphatic carbocycles. The lowest BCUT2D eigenvalue weighted by molar-refractivity contribution is 0.0847. The van der Waals surface area contributed by atoms with Gasteiger partial charge in [-0.15, -0.1) is 0 Å². The Morgan fingerprint density at radius 1 is 0.644 bits per heavy atom. The van der Waals surface area contributed by atoms with Gasteiger partial charge in [0.05, 0.1) is 14.2 Å². The van der Waals surface area contributed by atoms with Crippen LogP contribution in [0, 0.1) is 0 Å². The van der Waals surface area contributed by atoms with Crippen LogP contribution in [0.2, 0.25) is 0 Å². The first-order valence-corrected chi connectivity index (χ1v) is 15.2. The minimum atomic E-state index is -1.25. The maximum absolute atomic E-state index is 12.9. The first-order valence-electron chi connectivity index (χ1n) is 15.2. The summed E-state index contributed by atoms with van der Waals surface area (Å²) in [5, 5.41) is 15.0. The molecule has 220 valence electrons. The zero-order chi connectivity index (χ0) is 30.6. The Hall–Kier alpha value is -5.32. The second-order valence-corrected chi connectivity index (χ2v) is 11.7. The molecule has 2 aliphatic rings. The van der Waals surface area contributed by atoms with E-state index in [-0.39, 0.29) is 0 Å². The fraction of sp³-hybridized carbons (Fsp3) is 0.122. The Morgan fingerprint density at radius 2 is 1.22 bits per heavy atom. The van der Waals surface area contributed by atoms with Crippen LogP contribution in [0.4, 0.5) is 0 Å². The number of ether oxygens (including phenoxy) is 3. The van der Waals surface area contributed by atoms with Gasteiger partial charge in [-0.25, -0.2) is 0 Å². The number of hydrogen-bond acceptors (Lipinski definition) is 4. The maximum atomic E-state index is 12.9. The van der Waals surface area contributed by atoms with E-state index in [0.29, 0.717) is 6.42 Å². The van der Waals surface area contributed by atoms with E-state index in [9.17, 15) is 5.11 Å². The van der Waals surface area contributed by atoms with Crippen LogP contribution in [0.3, 0.4) is 0 Å². The van der Waals surface area contributed by atoms with Gasteiger partial charge in [-0.1, -0.05) is 109 Å². The van der Waals surface area contributed by atoms with Crippen LogP contribution in [0.15, 0.2) is 133 Å². The molecule has 1 N–H and O–H groups in total. The molecule has 1 unspecified atom stereocenters. The van der Waals surface area contributed by atoms with Crippen molar-refractivity contribution < 1.29 is 19.3 Å². The third-order valence-electron chi connectivity index (χ3n) is 9.35. The molecular weight excluding hydrogens is 556 g/mol. The predicted molar refractivity (Wildman–Crippen MR) is 179 cm³/mol. The highest BCUT2D eigenvalue weighted by Gasteiger charge is 2.47. The summed E-state index contributed by atoms with van der Waals surface area (Å²) in [6.07, 6.45) is 4.72. The van der Waals surface area contributed by atoms with Crippen molar-refractivity contribution in [2.24, 2.45) is 0 Å². The van der Waals surface area contributed by atoms with Crippen LogP contribution >= 0.6 is 0 Å². The average molecular weight is 589 g/mol. The monoisotopic (exact) mass is 588 g/mol. The lowest BCUT2D eigenvalue weighted by Crippen LogP contribution is -2.35. The number of hydrogen-bond donors (Lipinski definition) is 1. The van der Waals surface area contributed by atoms with Crippen LogP contribution in [0.25, 0.3) is 28.0 Å². The van der Waals surface area contributed by atoms with Crippen molar-refractivity contribution in [1.29, 1.82) is 0 Å². The van der Waals surface area contributed by atoms with Crippen LogP contribution < -0.4 is 14.2 Å². The quantitative estimate of drug-likeness (QED) is 0.212. The van der Waals surface area contributed by atoms with Gasteiger partial charge in [0.15, 0.2) is 5.60 Å². The molecule has 0 amide bonds. The van der Waals surface area contributed by atoms with E-state index >= 15 is 0 Å². The summed E-state index contributed by atoms with van der Waals surface area (Å²) < 4.78 is 18.3. The van der Waals surface area contributed by atoms with Crippen LogP contribution in [-0.4, -0.2) is 19.3 Å². The average Bonchev–Trinajstić information content (AvgIpc) is 3.37. The van der Waals surface area contributed by atoms with E-state index in [1.165, 1.54) is 0 Å². The largest absolute Gasteiger partial charge is 0.497 e. The number of benzene rings is 6. The summed E-state index contributed by atoms with van der Waals surface area (Å²) in [4.78, 5) is 0. The van der Waals surface area contributed by atoms with Gasteiger partial charge in [0.25, 0.3) is 0 Å². The second-order valence-electron chi connectivity index (χ2n) is 11.7. The molecule has 0 fully saturated rings. The zero-order valence-corrected chi connectivity index (χ0v) is 25.2. The summed E-state index contributed by atoms with van der Waals surface area (Å²) in [5.74, 6) is 2.30. The fourth-order valence-electron chi connectivity index (χ4n) is 7.23. The lowest BCUT2D eigenvalue weighted by Gasteiger charge is -2.38. The third-order valence-corrected chi connectivity index (χ3v) is 9.35. The van der Waals surface area contributed by atoms with Gasteiger partial charge < -0.3 is 19.3 Å². The van der Waals surface area contributed by atoms with E-state index in [1.54, 1.807) is 14.2 Å². The molecule has 1 aliphatic heterocycles. The summed E-state index contributed by atoms with van der Waals surface area (Å²) in [5.41, 5.74) is 5.61. The normalized spacial score (nSPS) is 17.2. The summed E-state index contributed by atoms with van der Waals surface area (Å²) >= 11 is 0. The van der Waals surface area contributed by atoms with Gasteiger partial charge in [0, 0.05) is 34.1 Å². The maximum Gasteiger partial charge on any atom is 0.178 e. The standard InChI is InChI=1S/C41H32O4/c1-43-30-20-16-28(17-21-30)41(29-18-22-31(44-2)23-19-29)25-24-35-38-37(32-12-6-7-13-33(32)39(35)45-41)34-14-8-9-15-36(34)40(38,42)26-27-10-4-3-5-11-27/h3-25,42H,26H2,1-2H3. The summed E-state index contributed by atoms with van der Waals surface area (Å²) in [6, 6.07) is 42.9. The zero-order valence-electron chi connectivity index (χ0n) is 25.2. The molecule has 0 saturated heterocycles. The number of fused-ring (bicyclic) bond motifs is 8. The molecule has 0 aromatic heterocycles. The van der Waals surface area contributed by atoms with Gasteiger partial charge in [0.2, 0.25) is 0 Å². The molecule has 0 radical (unpaired) electrons. The van der Waals surface area contributed by atoms with Gasteiger partial charge >= 0.3 is 0 Å². The highest BCUT2D eigenvalue weighted by Crippen LogP contribution is 2.58. The minimum absolute atomic E-state index is 0.443. The third kappa shape index (κ3) is 4.10. The van der Waals surface area contributed by atoms with Crippen molar-refractivity contribution in [2.45, 2.75) is 17.6 Å². The minimum Gasteiger partial charge on any atom is -0.497 e. The fourth-order valence-corrected chi connectivity index (χ4v) is 7.23. The lowest BCUT2D eigenvalue weighted by atomic mass is 9.78. The number of rotatable bonds is 6. The van der Waals surface area contributed by atoms with Crippen molar-refractivity contribution in [3.63, 3.8) is 0 Å². The molecule has 0 saturated carbocycles. The first kappa shape index (κ1) is 27.2. The van der Waals surface area contributed by atoms with E-state index in [1.807, 2.05) is 48.5 Å². The molecule has 0 spiro atoms. The van der Waals surface area contributed by atoms with E-state index in [2.05, 4.69) is 91.0 Å². The van der Waals surface area contributed by atoms with Crippen LogP contribution in [-0.2, 0) is 17.6 Å². The Morgan fingerprint density at radius 3 is 1.87 bits per heavy atom. The highest BCUT2D eigenvalue weighted by molar-refractivity contribution is 6.08.